The molecule has 1 aromatic carbocycles. The fourth-order valence-electron chi connectivity index (χ4n) is 3.61. The first-order valence-electron chi connectivity index (χ1n) is 7.31. The van der Waals surface area contributed by atoms with Crippen molar-refractivity contribution in [2.75, 3.05) is 21.1 Å². The van der Waals surface area contributed by atoms with Gasteiger partial charge in [0.25, 0.3) is 0 Å². The minimum Gasteiger partial charge on any atom is -0.311 e. The fraction of sp³-hybridized carbons (Fsp3) is 0.625. The molecule has 1 saturated carbocycles. The van der Waals surface area contributed by atoms with Crippen LogP contribution >= 0.6 is 0 Å². The number of rotatable bonds is 4. The van der Waals surface area contributed by atoms with Gasteiger partial charge in [-0.1, -0.05) is 25.3 Å². The highest BCUT2D eigenvalue weighted by Crippen LogP contribution is 2.42. The second kappa shape index (κ2) is 6.19. The number of benzene rings is 1. The van der Waals surface area contributed by atoms with Crippen LogP contribution in [-0.2, 0) is 0 Å². The highest BCUT2D eigenvalue weighted by molar-refractivity contribution is 5.26. The summed E-state index contributed by atoms with van der Waals surface area (Å²) in [4.78, 5) is 2.20. The fourth-order valence-corrected chi connectivity index (χ4v) is 3.61. The van der Waals surface area contributed by atoms with E-state index < -0.39 is 11.6 Å². The molecule has 2 nitrogen and oxygen atoms in total. The molecule has 0 radical (unpaired) electrons. The minimum atomic E-state index is -0.524. The quantitative estimate of drug-likeness (QED) is 0.909. The van der Waals surface area contributed by atoms with Gasteiger partial charge < -0.3 is 10.2 Å². The van der Waals surface area contributed by atoms with E-state index in [2.05, 4.69) is 24.3 Å². The summed E-state index contributed by atoms with van der Waals surface area (Å²) in [6, 6.07) is 3.77. The zero-order chi connectivity index (χ0) is 14.8. The first kappa shape index (κ1) is 15.4. The predicted molar refractivity (Wildman–Crippen MR) is 77.7 cm³/mol. The van der Waals surface area contributed by atoms with Crippen LogP contribution < -0.4 is 5.32 Å². The number of nitrogens with one attached hydrogen (secondary N) is 1. The van der Waals surface area contributed by atoms with Gasteiger partial charge in [0.05, 0.1) is 6.04 Å². The van der Waals surface area contributed by atoms with E-state index in [1.807, 2.05) is 7.05 Å². The number of hydrogen-bond donors (Lipinski definition) is 1. The summed E-state index contributed by atoms with van der Waals surface area (Å²) in [6.07, 6.45) is 5.60. The molecule has 0 spiro atoms. The van der Waals surface area contributed by atoms with Gasteiger partial charge >= 0.3 is 0 Å². The first-order valence-corrected chi connectivity index (χ1v) is 7.31. The van der Waals surface area contributed by atoms with E-state index >= 15 is 0 Å². The predicted octanol–water partition coefficient (Wildman–Crippen LogP) is 3.49. The Kier molecular flexibility index (Phi) is 4.76. The largest absolute Gasteiger partial charge is 0.311 e. The Labute approximate surface area is 120 Å². The SMILES string of the molecule is CNC(c1ccc(F)cc1F)C1(N(C)C)CCCCC1. The van der Waals surface area contributed by atoms with Gasteiger partial charge in [0.2, 0.25) is 0 Å². The number of nitrogens with zero attached hydrogens (tertiary/aromatic N) is 1. The lowest BCUT2D eigenvalue weighted by Gasteiger charge is -2.48. The topological polar surface area (TPSA) is 15.3 Å². The zero-order valence-electron chi connectivity index (χ0n) is 12.5. The summed E-state index contributed by atoms with van der Waals surface area (Å²) in [5.41, 5.74) is 0.454. The molecule has 2 rings (SSSR count). The van der Waals surface area contributed by atoms with Crippen LogP contribution in [0.25, 0.3) is 0 Å². The lowest BCUT2D eigenvalue weighted by molar-refractivity contribution is 0.0580. The van der Waals surface area contributed by atoms with Gasteiger partial charge in [0.1, 0.15) is 11.6 Å². The van der Waals surface area contributed by atoms with E-state index in [0.29, 0.717) is 5.56 Å². The molecule has 0 bridgehead atoms. The number of halogens is 2. The minimum absolute atomic E-state index is 0.105. The normalized spacial score (nSPS) is 20.1. The molecule has 1 aliphatic rings. The molecule has 112 valence electrons. The lowest BCUT2D eigenvalue weighted by Crippen LogP contribution is -2.54. The molecule has 4 heteroatoms. The van der Waals surface area contributed by atoms with Crippen LogP contribution in [0.2, 0.25) is 0 Å². The van der Waals surface area contributed by atoms with Crippen LogP contribution in [0, 0.1) is 11.6 Å². The maximum atomic E-state index is 14.2. The van der Waals surface area contributed by atoms with Crippen molar-refractivity contribution in [3.63, 3.8) is 0 Å². The van der Waals surface area contributed by atoms with Crippen molar-refractivity contribution in [3.8, 4) is 0 Å². The summed E-state index contributed by atoms with van der Waals surface area (Å²) < 4.78 is 27.3. The average Bonchev–Trinajstić information content (AvgIpc) is 2.43. The molecule has 1 fully saturated rings. The third kappa shape index (κ3) is 2.72. The molecule has 1 aromatic rings. The summed E-state index contributed by atoms with van der Waals surface area (Å²) in [5, 5.41) is 3.27. The van der Waals surface area contributed by atoms with E-state index in [0.717, 1.165) is 31.7 Å². The summed E-state index contributed by atoms with van der Waals surface area (Å²) in [5.74, 6) is -0.986. The van der Waals surface area contributed by atoms with E-state index in [1.54, 1.807) is 6.07 Å². The number of likely N-dealkylation sites (N-methyl/N-ethyl adjacent to an activating group) is 2. The van der Waals surface area contributed by atoms with Crippen LogP contribution in [0.3, 0.4) is 0 Å². The molecule has 0 aliphatic heterocycles. The van der Waals surface area contributed by atoms with E-state index in [-0.39, 0.29) is 11.6 Å². The van der Waals surface area contributed by atoms with Crippen molar-refractivity contribution in [3.05, 3.63) is 35.4 Å². The van der Waals surface area contributed by atoms with Crippen LogP contribution in [0.5, 0.6) is 0 Å². The zero-order valence-corrected chi connectivity index (χ0v) is 12.5. The van der Waals surface area contributed by atoms with Gasteiger partial charge in [-0.25, -0.2) is 8.78 Å². The van der Waals surface area contributed by atoms with Gasteiger partial charge in [-0.3, -0.25) is 0 Å². The molecular weight excluding hydrogens is 258 g/mol. The smallest absolute Gasteiger partial charge is 0.130 e. The average molecular weight is 282 g/mol. The number of hydrogen-bond acceptors (Lipinski definition) is 2. The second-order valence-corrected chi connectivity index (χ2v) is 5.95. The van der Waals surface area contributed by atoms with E-state index in [9.17, 15) is 8.78 Å². The van der Waals surface area contributed by atoms with Gasteiger partial charge in [-0.2, -0.15) is 0 Å². The first-order chi connectivity index (χ1) is 9.51. The van der Waals surface area contributed by atoms with Crippen LogP contribution in [-0.4, -0.2) is 31.6 Å². The standard InChI is InChI=1S/C16H24F2N2/c1-19-15(13-8-7-12(17)11-14(13)18)16(20(2)3)9-5-4-6-10-16/h7-8,11,15,19H,4-6,9-10H2,1-3H3. The second-order valence-electron chi connectivity index (χ2n) is 5.95. The third-order valence-electron chi connectivity index (χ3n) is 4.71. The van der Waals surface area contributed by atoms with E-state index in [4.69, 9.17) is 0 Å². The Balaban J connectivity index is 2.42. The molecule has 0 amide bonds. The van der Waals surface area contributed by atoms with Crippen molar-refractivity contribution >= 4 is 0 Å². The summed E-state index contributed by atoms with van der Waals surface area (Å²) in [6.45, 7) is 0. The Morgan fingerprint density at radius 3 is 2.30 bits per heavy atom. The van der Waals surface area contributed by atoms with Gasteiger partial charge in [0, 0.05) is 17.2 Å². The molecular formula is C16H24F2N2. The summed E-state index contributed by atoms with van der Waals surface area (Å²) in [7, 11) is 5.96. The van der Waals surface area contributed by atoms with Crippen molar-refractivity contribution in [1.82, 2.24) is 10.2 Å². The van der Waals surface area contributed by atoms with Crippen molar-refractivity contribution in [2.45, 2.75) is 43.7 Å². The van der Waals surface area contributed by atoms with Gasteiger partial charge in [-0.15, -0.1) is 0 Å². The molecule has 1 unspecified atom stereocenters. The summed E-state index contributed by atoms with van der Waals surface area (Å²) >= 11 is 0. The lowest BCUT2D eigenvalue weighted by atomic mass is 9.73. The monoisotopic (exact) mass is 282 g/mol. The van der Waals surface area contributed by atoms with Crippen LogP contribution in [0.15, 0.2) is 18.2 Å². The molecule has 1 aliphatic carbocycles. The maximum absolute atomic E-state index is 14.2. The van der Waals surface area contributed by atoms with Crippen molar-refractivity contribution in [2.24, 2.45) is 0 Å². The molecule has 0 saturated heterocycles. The Morgan fingerprint density at radius 1 is 1.15 bits per heavy atom. The Bertz CT molecular complexity index is 454. The Hall–Kier alpha value is -1.00. The third-order valence-corrected chi connectivity index (χ3v) is 4.71. The van der Waals surface area contributed by atoms with Gasteiger partial charge in [0.15, 0.2) is 0 Å². The molecule has 0 heterocycles. The molecule has 1 atom stereocenters. The molecule has 0 aromatic heterocycles. The van der Waals surface area contributed by atoms with Crippen LogP contribution in [0.1, 0.15) is 43.7 Å². The molecule has 20 heavy (non-hydrogen) atoms. The van der Waals surface area contributed by atoms with Crippen molar-refractivity contribution in [1.29, 1.82) is 0 Å². The van der Waals surface area contributed by atoms with Gasteiger partial charge in [-0.05, 0) is 40.1 Å². The van der Waals surface area contributed by atoms with E-state index in [1.165, 1.54) is 12.5 Å². The molecule has 1 N–H and O–H groups in total. The highest BCUT2D eigenvalue weighted by Gasteiger charge is 2.42. The van der Waals surface area contributed by atoms with Crippen molar-refractivity contribution < 1.29 is 8.78 Å². The Morgan fingerprint density at radius 2 is 1.80 bits per heavy atom. The highest BCUT2D eigenvalue weighted by atomic mass is 19.1. The van der Waals surface area contributed by atoms with Crippen LogP contribution in [0.4, 0.5) is 8.78 Å². The maximum Gasteiger partial charge on any atom is 0.130 e.